The van der Waals surface area contributed by atoms with Gasteiger partial charge in [0.1, 0.15) is 13.2 Å². The molecule has 1 amide bonds. The first-order valence-corrected chi connectivity index (χ1v) is 6.98. The molecule has 6 nitrogen and oxygen atoms in total. The molecule has 1 aromatic carbocycles. The predicted octanol–water partition coefficient (Wildman–Crippen LogP) is 1.59. The van der Waals surface area contributed by atoms with E-state index in [9.17, 15) is 4.79 Å². The molecule has 2 aromatic rings. The van der Waals surface area contributed by atoms with Gasteiger partial charge in [0.05, 0.1) is 12.2 Å². The Hall–Kier alpha value is -2.47. The summed E-state index contributed by atoms with van der Waals surface area (Å²) in [5.74, 6) is 0.253. The fourth-order valence-electron chi connectivity index (χ4n) is 1.80. The zero-order valence-corrected chi connectivity index (χ0v) is 12.7. The van der Waals surface area contributed by atoms with Gasteiger partial charge in [0.25, 0.3) is 0 Å². The van der Waals surface area contributed by atoms with E-state index in [1.54, 1.807) is 6.07 Å². The number of rotatable bonds is 7. The van der Waals surface area contributed by atoms with Crippen LogP contribution in [0.1, 0.15) is 5.56 Å². The number of ether oxygens (including phenoxy) is 2. The predicted molar refractivity (Wildman–Crippen MR) is 82.6 cm³/mol. The zero-order chi connectivity index (χ0) is 15.8. The first kappa shape index (κ1) is 15.9. The number of aryl methyl sites for hydroxylation is 1. The van der Waals surface area contributed by atoms with Gasteiger partial charge in [0, 0.05) is 18.7 Å². The molecule has 0 spiro atoms. The van der Waals surface area contributed by atoms with Gasteiger partial charge in [-0.15, -0.1) is 10.2 Å². The summed E-state index contributed by atoms with van der Waals surface area (Å²) in [4.78, 5) is 11.2. The SMILES string of the molecule is COCC(=O)NCCOc1ccc(-c2ccc(C)cc2)nn1. The fourth-order valence-corrected chi connectivity index (χ4v) is 1.80. The molecule has 1 heterocycles. The van der Waals surface area contributed by atoms with Gasteiger partial charge in [0.15, 0.2) is 0 Å². The smallest absolute Gasteiger partial charge is 0.246 e. The van der Waals surface area contributed by atoms with Crippen molar-refractivity contribution in [3.05, 3.63) is 42.0 Å². The van der Waals surface area contributed by atoms with Crippen LogP contribution >= 0.6 is 0 Å². The van der Waals surface area contributed by atoms with Crippen molar-refractivity contribution in [1.29, 1.82) is 0 Å². The van der Waals surface area contributed by atoms with Crippen LogP contribution < -0.4 is 10.1 Å². The second-order valence-corrected chi connectivity index (χ2v) is 4.75. The molecule has 6 heteroatoms. The number of nitrogens with one attached hydrogen (secondary N) is 1. The summed E-state index contributed by atoms with van der Waals surface area (Å²) >= 11 is 0. The lowest BCUT2D eigenvalue weighted by Gasteiger charge is -2.07. The molecule has 0 fully saturated rings. The molecular formula is C16H19N3O3. The van der Waals surface area contributed by atoms with Crippen molar-refractivity contribution >= 4 is 5.91 Å². The second kappa shape index (κ2) is 8.09. The minimum Gasteiger partial charge on any atom is -0.475 e. The highest BCUT2D eigenvalue weighted by Gasteiger charge is 2.03. The van der Waals surface area contributed by atoms with Crippen LogP contribution in [0, 0.1) is 6.92 Å². The van der Waals surface area contributed by atoms with Gasteiger partial charge in [-0.3, -0.25) is 4.79 Å². The topological polar surface area (TPSA) is 73.3 Å². The molecule has 22 heavy (non-hydrogen) atoms. The Morgan fingerprint density at radius 1 is 1.14 bits per heavy atom. The summed E-state index contributed by atoms with van der Waals surface area (Å²) in [5, 5.41) is 10.8. The monoisotopic (exact) mass is 301 g/mol. The fraction of sp³-hybridized carbons (Fsp3) is 0.312. The van der Waals surface area contributed by atoms with Crippen molar-refractivity contribution in [1.82, 2.24) is 15.5 Å². The molecule has 1 aromatic heterocycles. The number of carbonyl (C=O) groups excluding carboxylic acids is 1. The molecule has 0 saturated carbocycles. The lowest BCUT2D eigenvalue weighted by Crippen LogP contribution is -2.31. The number of methoxy groups -OCH3 is 1. The number of amides is 1. The second-order valence-electron chi connectivity index (χ2n) is 4.75. The van der Waals surface area contributed by atoms with E-state index in [0.717, 1.165) is 11.3 Å². The molecule has 0 aliphatic heterocycles. The maximum atomic E-state index is 11.2. The zero-order valence-electron chi connectivity index (χ0n) is 12.7. The van der Waals surface area contributed by atoms with Crippen LogP contribution in [0.2, 0.25) is 0 Å². The van der Waals surface area contributed by atoms with Crippen molar-refractivity contribution in [2.75, 3.05) is 26.9 Å². The van der Waals surface area contributed by atoms with Crippen molar-refractivity contribution in [2.24, 2.45) is 0 Å². The maximum absolute atomic E-state index is 11.2. The lowest BCUT2D eigenvalue weighted by molar-refractivity contribution is -0.124. The standard InChI is InChI=1S/C16H19N3O3/c1-12-3-5-13(6-4-12)14-7-8-16(19-18-14)22-10-9-17-15(20)11-21-2/h3-8H,9-11H2,1-2H3,(H,17,20). The Labute approximate surface area is 129 Å². The summed E-state index contributed by atoms with van der Waals surface area (Å²) in [7, 11) is 1.47. The quantitative estimate of drug-likeness (QED) is 0.786. The average Bonchev–Trinajstić information content (AvgIpc) is 2.53. The van der Waals surface area contributed by atoms with Crippen LogP contribution in [0.15, 0.2) is 36.4 Å². The van der Waals surface area contributed by atoms with E-state index >= 15 is 0 Å². The summed E-state index contributed by atoms with van der Waals surface area (Å²) in [6.45, 7) is 2.81. The molecule has 116 valence electrons. The number of nitrogens with zero attached hydrogens (tertiary/aromatic N) is 2. The van der Waals surface area contributed by atoms with Gasteiger partial charge >= 0.3 is 0 Å². The van der Waals surface area contributed by atoms with Crippen LogP contribution in [0.4, 0.5) is 0 Å². The van der Waals surface area contributed by atoms with Crippen LogP contribution in [-0.2, 0) is 9.53 Å². The van der Waals surface area contributed by atoms with E-state index in [1.807, 2.05) is 37.3 Å². The third-order valence-corrected chi connectivity index (χ3v) is 2.94. The average molecular weight is 301 g/mol. The Morgan fingerprint density at radius 3 is 2.55 bits per heavy atom. The van der Waals surface area contributed by atoms with Crippen LogP contribution in [0.5, 0.6) is 5.88 Å². The first-order valence-electron chi connectivity index (χ1n) is 6.98. The summed E-state index contributed by atoms with van der Waals surface area (Å²) in [5.41, 5.74) is 3.00. The summed E-state index contributed by atoms with van der Waals surface area (Å²) < 4.78 is 10.1. The Kier molecular flexibility index (Phi) is 5.85. The number of benzene rings is 1. The lowest BCUT2D eigenvalue weighted by atomic mass is 10.1. The van der Waals surface area contributed by atoms with E-state index in [1.165, 1.54) is 12.7 Å². The van der Waals surface area contributed by atoms with Crippen molar-refractivity contribution < 1.29 is 14.3 Å². The molecule has 0 aliphatic rings. The van der Waals surface area contributed by atoms with E-state index in [2.05, 4.69) is 15.5 Å². The minimum absolute atomic E-state index is 0.0467. The summed E-state index contributed by atoms with van der Waals surface area (Å²) in [6.07, 6.45) is 0. The molecule has 2 rings (SSSR count). The molecule has 0 aliphatic carbocycles. The number of hydrogen-bond donors (Lipinski definition) is 1. The highest BCUT2D eigenvalue weighted by Crippen LogP contribution is 2.18. The molecular weight excluding hydrogens is 282 g/mol. The Morgan fingerprint density at radius 2 is 1.91 bits per heavy atom. The van der Waals surface area contributed by atoms with E-state index < -0.39 is 0 Å². The van der Waals surface area contributed by atoms with Crippen LogP contribution in [-0.4, -0.2) is 43.0 Å². The number of aromatic nitrogens is 2. The van der Waals surface area contributed by atoms with Gasteiger partial charge in [-0.25, -0.2) is 0 Å². The van der Waals surface area contributed by atoms with Crippen molar-refractivity contribution in [3.8, 4) is 17.1 Å². The van der Waals surface area contributed by atoms with Gasteiger partial charge < -0.3 is 14.8 Å². The normalized spacial score (nSPS) is 10.3. The highest BCUT2D eigenvalue weighted by atomic mass is 16.5. The summed E-state index contributed by atoms with van der Waals surface area (Å²) in [6, 6.07) is 11.7. The van der Waals surface area contributed by atoms with Crippen molar-refractivity contribution in [2.45, 2.75) is 6.92 Å². The van der Waals surface area contributed by atoms with Crippen LogP contribution in [0.25, 0.3) is 11.3 Å². The third-order valence-electron chi connectivity index (χ3n) is 2.94. The van der Waals surface area contributed by atoms with Gasteiger partial charge in [-0.1, -0.05) is 29.8 Å². The minimum atomic E-state index is -0.174. The molecule has 0 unspecified atom stereocenters. The first-order chi connectivity index (χ1) is 10.7. The van der Waals surface area contributed by atoms with Gasteiger partial charge in [-0.2, -0.15) is 0 Å². The van der Waals surface area contributed by atoms with E-state index in [-0.39, 0.29) is 12.5 Å². The number of carbonyl (C=O) groups is 1. The van der Waals surface area contributed by atoms with Gasteiger partial charge in [-0.05, 0) is 13.0 Å². The van der Waals surface area contributed by atoms with E-state index in [4.69, 9.17) is 9.47 Å². The van der Waals surface area contributed by atoms with Crippen LogP contribution in [0.3, 0.4) is 0 Å². The maximum Gasteiger partial charge on any atom is 0.246 e. The molecule has 0 atom stereocenters. The molecule has 1 N–H and O–H groups in total. The third kappa shape index (κ3) is 4.82. The van der Waals surface area contributed by atoms with Gasteiger partial charge in [0.2, 0.25) is 11.8 Å². The Bertz CT molecular complexity index is 597. The number of hydrogen-bond acceptors (Lipinski definition) is 5. The van der Waals surface area contributed by atoms with E-state index in [0.29, 0.717) is 19.0 Å². The van der Waals surface area contributed by atoms with Crippen molar-refractivity contribution in [3.63, 3.8) is 0 Å². The highest BCUT2D eigenvalue weighted by molar-refractivity contribution is 5.77. The Balaban J connectivity index is 1.82. The molecule has 0 radical (unpaired) electrons. The largest absolute Gasteiger partial charge is 0.475 e. The molecule has 0 saturated heterocycles. The molecule has 0 bridgehead atoms.